The minimum atomic E-state index is -0.0586. The van der Waals surface area contributed by atoms with Gasteiger partial charge < -0.3 is 10.2 Å². The lowest BCUT2D eigenvalue weighted by Gasteiger charge is -2.32. The molecule has 0 bridgehead atoms. The minimum Gasteiger partial charge on any atom is -0.336 e. The van der Waals surface area contributed by atoms with E-state index in [1.165, 1.54) is 11.8 Å². The first kappa shape index (κ1) is 20.0. The van der Waals surface area contributed by atoms with Gasteiger partial charge in [-0.15, -0.1) is 22.6 Å². The highest BCUT2D eigenvalue weighted by Crippen LogP contribution is 2.31. The molecule has 0 saturated carbocycles. The Morgan fingerprint density at radius 1 is 1.28 bits per heavy atom. The molecule has 1 atom stereocenters. The first-order valence-electron chi connectivity index (χ1n) is 7.90. The van der Waals surface area contributed by atoms with Crippen molar-refractivity contribution >= 4 is 41.7 Å². The van der Waals surface area contributed by atoms with Gasteiger partial charge in [0, 0.05) is 24.0 Å². The summed E-state index contributed by atoms with van der Waals surface area (Å²) in [5.74, 6) is -0.0586. The van der Waals surface area contributed by atoms with Crippen LogP contribution in [0.1, 0.15) is 23.3 Å². The van der Waals surface area contributed by atoms with Crippen LogP contribution in [0.2, 0.25) is 5.02 Å². The lowest BCUT2D eigenvalue weighted by Crippen LogP contribution is -2.47. The van der Waals surface area contributed by atoms with E-state index in [-0.39, 0.29) is 18.3 Å². The molecule has 25 heavy (non-hydrogen) atoms. The summed E-state index contributed by atoms with van der Waals surface area (Å²) in [5.41, 5.74) is 0.385. The fourth-order valence-corrected chi connectivity index (χ4v) is 3.69. The summed E-state index contributed by atoms with van der Waals surface area (Å²) in [6.45, 7) is 1.49. The van der Waals surface area contributed by atoms with Crippen molar-refractivity contribution in [1.82, 2.24) is 20.4 Å². The van der Waals surface area contributed by atoms with Crippen molar-refractivity contribution in [2.24, 2.45) is 0 Å². The predicted octanol–water partition coefficient (Wildman–Crippen LogP) is 3.53. The second-order valence-electron chi connectivity index (χ2n) is 5.67. The number of hydrogen-bond acceptors (Lipinski definition) is 5. The number of amides is 1. The number of likely N-dealkylation sites (tertiary alicyclic amines) is 1. The van der Waals surface area contributed by atoms with E-state index in [1.807, 2.05) is 42.3 Å². The number of aromatic nitrogens is 2. The van der Waals surface area contributed by atoms with Gasteiger partial charge in [-0.3, -0.25) is 4.79 Å². The molecule has 8 heteroatoms. The van der Waals surface area contributed by atoms with Gasteiger partial charge in [0.15, 0.2) is 5.69 Å². The SMILES string of the molecule is CNC1CCCN(C(=O)c2ccc(Sc3ccccc3Cl)nn2)C1.Cl. The normalized spacial score (nSPS) is 17.0. The molecule has 134 valence electrons. The first-order chi connectivity index (χ1) is 11.7. The topological polar surface area (TPSA) is 58.1 Å². The lowest BCUT2D eigenvalue weighted by molar-refractivity contribution is 0.0690. The van der Waals surface area contributed by atoms with Crippen LogP contribution in [0.15, 0.2) is 46.3 Å². The molecule has 0 spiro atoms. The van der Waals surface area contributed by atoms with Crippen LogP contribution >= 0.6 is 35.8 Å². The molecular formula is C17H20Cl2N4OS. The Kier molecular flexibility index (Phi) is 7.50. The highest BCUT2D eigenvalue weighted by Gasteiger charge is 2.24. The Morgan fingerprint density at radius 2 is 2.08 bits per heavy atom. The standard InChI is InChI=1S/C17H19ClN4OS.ClH/c1-19-12-5-4-10-22(11-12)17(23)14-8-9-16(21-20-14)24-15-7-3-2-6-13(15)18;/h2-3,6-9,12,19H,4-5,10-11H2,1H3;1H. The second kappa shape index (κ2) is 9.38. The number of piperidine rings is 1. The molecule has 1 aliphatic rings. The number of nitrogens with one attached hydrogen (secondary N) is 1. The number of rotatable bonds is 4. The van der Waals surface area contributed by atoms with E-state index in [9.17, 15) is 4.79 Å². The number of carbonyl (C=O) groups excluding carboxylic acids is 1. The van der Waals surface area contributed by atoms with Crippen LogP contribution in [0.3, 0.4) is 0 Å². The van der Waals surface area contributed by atoms with Crippen LogP contribution in [0.5, 0.6) is 0 Å². The van der Waals surface area contributed by atoms with Gasteiger partial charge in [-0.25, -0.2) is 0 Å². The summed E-state index contributed by atoms with van der Waals surface area (Å²) >= 11 is 7.58. The van der Waals surface area contributed by atoms with Crippen molar-refractivity contribution in [2.75, 3.05) is 20.1 Å². The Balaban J connectivity index is 0.00000225. The molecule has 1 fully saturated rings. The fourth-order valence-electron chi connectivity index (χ4n) is 2.69. The third-order valence-corrected chi connectivity index (χ3v) is 5.47. The molecule has 0 aliphatic carbocycles. The van der Waals surface area contributed by atoms with Crippen LogP contribution < -0.4 is 5.32 Å². The fraction of sp³-hybridized carbons (Fsp3) is 0.353. The highest BCUT2D eigenvalue weighted by molar-refractivity contribution is 7.99. The molecule has 1 aliphatic heterocycles. The average molecular weight is 399 g/mol. The van der Waals surface area contributed by atoms with E-state index in [0.29, 0.717) is 28.3 Å². The van der Waals surface area contributed by atoms with Crippen molar-refractivity contribution in [3.05, 3.63) is 47.1 Å². The van der Waals surface area contributed by atoms with E-state index in [0.717, 1.165) is 24.3 Å². The molecule has 2 heterocycles. The van der Waals surface area contributed by atoms with Gasteiger partial charge in [-0.1, -0.05) is 35.5 Å². The predicted molar refractivity (Wildman–Crippen MR) is 103 cm³/mol. The summed E-state index contributed by atoms with van der Waals surface area (Å²) in [4.78, 5) is 15.3. The summed E-state index contributed by atoms with van der Waals surface area (Å²) in [5, 5.41) is 12.9. The van der Waals surface area contributed by atoms with Crippen molar-refractivity contribution in [2.45, 2.75) is 28.8 Å². The maximum atomic E-state index is 12.6. The Bertz CT molecular complexity index is 714. The lowest BCUT2D eigenvalue weighted by atomic mass is 10.1. The zero-order chi connectivity index (χ0) is 16.9. The number of benzene rings is 1. The molecule has 1 N–H and O–H groups in total. The van der Waals surface area contributed by atoms with E-state index in [1.54, 1.807) is 6.07 Å². The third-order valence-electron chi connectivity index (χ3n) is 4.03. The van der Waals surface area contributed by atoms with Crippen LogP contribution in [0.25, 0.3) is 0 Å². The van der Waals surface area contributed by atoms with E-state index >= 15 is 0 Å². The summed E-state index contributed by atoms with van der Waals surface area (Å²) in [7, 11) is 1.93. The van der Waals surface area contributed by atoms with Gasteiger partial charge in [0.25, 0.3) is 5.91 Å². The molecule has 1 unspecified atom stereocenters. The monoisotopic (exact) mass is 398 g/mol. The van der Waals surface area contributed by atoms with Gasteiger partial charge in [-0.2, -0.15) is 0 Å². The third kappa shape index (κ3) is 5.07. The molecule has 1 saturated heterocycles. The Morgan fingerprint density at radius 3 is 2.76 bits per heavy atom. The molecular weight excluding hydrogens is 379 g/mol. The van der Waals surface area contributed by atoms with Crippen LogP contribution in [0, 0.1) is 0 Å². The van der Waals surface area contributed by atoms with Gasteiger partial charge in [0.2, 0.25) is 0 Å². The van der Waals surface area contributed by atoms with Gasteiger partial charge in [0.05, 0.1) is 5.02 Å². The molecule has 1 aromatic heterocycles. The van der Waals surface area contributed by atoms with Gasteiger partial charge in [0.1, 0.15) is 5.03 Å². The number of halogens is 2. The zero-order valence-corrected chi connectivity index (χ0v) is 16.2. The summed E-state index contributed by atoms with van der Waals surface area (Å²) in [6.07, 6.45) is 2.10. The molecule has 2 aromatic rings. The van der Waals surface area contributed by atoms with Crippen molar-refractivity contribution in [3.63, 3.8) is 0 Å². The summed E-state index contributed by atoms with van der Waals surface area (Å²) < 4.78 is 0. The van der Waals surface area contributed by atoms with E-state index < -0.39 is 0 Å². The maximum Gasteiger partial charge on any atom is 0.274 e. The summed E-state index contributed by atoms with van der Waals surface area (Å²) in [6, 6.07) is 11.5. The Hall–Kier alpha value is -1.34. The Labute approximate surface area is 162 Å². The number of hydrogen-bond donors (Lipinski definition) is 1. The van der Waals surface area contributed by atoms with Crippen LogP contribution in [-0.2, 0) is 0 Å². The number of carbonyl (C=O) groups is 1. The van der Waals surface area contributed by atoms with Crippen LogP contribution in [-0.4, -0.2) is 47.2 Å². The van der Waals surface area contributed by atoms with Gasteiger partial charge >= 0.3 is 0 Å². The van der Waals surface area contributed by atoms with Crippen molar-refractivity contribution < 1.29 is 4.79 Å². The maximum absolute atomic E-state index is 12.6. The smallest absolute Gasteiger partial charge is 0.274 e. The van der Waals surface area contributed by atoms with E-state index in [2.05, 4.69) is 15.5 Å². The number of nitrogens with zero attached hydrogens (tertiary/aromatic N) is 3. The number of likely N-dealkylation sites (N-methyl/N-ethyl adjacent to an activating group) is 1. The molecule has 5 nitrogen and oxygen atoms in total. The average Bonchev–Trinajstić information content (AvgIpc) is 2.64. The highest BCUT2D eigenvalue weighted by atomic mass is 35.5. The zero-order valence-electron chi connectivity index (χ0n) is 13.8. The van der Waals surface area contributed by atoms with Gasteiger partial charge in [-0.05, 0) is 44.2 Å². The molecule has 0 radical (unpaired) electrons. The molecule has 3 rings (SSSR count). The minimum absolute atomic E-state index is 0. The second-order valence-corrected chi connectivity index (χ2v) is 7.14. The quantitative estimate of drug-likeness (QED) is 0.853. The van der Waals surface area contributed by atoms with Crippen molar-refractivity contribution in [3.8, 4) is 0 Å². The molecule has 1 amide bonds. The molecule has 1 aromatic carbocycles. The first-order valence-corrected chi connectivity index (χ1v) is 9.09. The largest absolute Gasteiger partial charge is 0.336 e. The van der Waals surface area contributed by atoms with Crippen LogP contribution in [0.4, 0.5) is 0 Å². The van der Waals surface area contributed by atoms with E-state index in [4.69, 9.17) is 11.6 Å². The van der Waals surface area contributed by atoms with Crippen molar-refractivity contribution in [1.29, 1.82) is 0 Å².